The van der Waals surface area contributed by atoms with Crippen LogP contribution in [0.4, 0.5) is 0 Å². The zero-order valence-corrected chi connectivity index (χ0v) is 10.8. The van der Waals surface area contributed by atoms with E-state index in [1.165, 1.54) is 19.3 Å². The van der Waals surface area contributed by atoms with Crippen molar-refractivity contribution in [2.45, 2.75) is 57.2 Å². The van der Waals surface area contributed by atoms with Gasteiger partial charge in [-0.15, -0.1) is 0 Å². The molecule has 0 aromatic heterocycles. The van der Waals surface area contributed by atoms with E-state index in [4.69, 9.17) is 10.8 Å². The van der Waals surface area contributed by atoms with Crippen molar-refractivity contribution in [3.8, 4) is 0 Å². The molecule has 3 N–H and O–H groups in total. The SMILES string of the molecule is CCCCCSC(C)CC(C)(N)C(=O)O. The number of carboxylic acids is 1. The summed E-state index contributed by atoms with van der Waals surface area (Å²) in [7, 11) is 0. The lowest BCUT2D eigenvalue weighted by Gasteiger charge is -2.23. The van der Waals surface area contributed by atoms with Crippen molar-refractivity contribution in [1.82, 2.24) is 0 Å². The summed E-state index contributed by atoms with van der Waals surface area (Å²) >= 11 is 1.82. The van der Waals surface area contributed by atoms with Crippen LogP contribution in [0.2, 0.25) is 0 Å². The van der Waals surface area contributed by atoms with Gasteiger partial charge in [-0.25, -0.2) is 0 Å². The van der Waals surface area contributed by atoms with Crippen molar-refractivity contribution < 1.29 is 9.90 Å². The summed E-state index contributed by atoms with van der Waals surface area (Å²) < 4.78 is 0. The van der Waals surface area contributed by atoms with Crippen molar-refractivity contribution in [1.29, 1.82) is 0 Å². The van der Waals surface area contributed by atoms with Crippen LogP contribution in [0.3, 0.4) is 0 Å². The van der Waals surface area contributed by atoms with E-state index < -0.39 is 11.5 Å². The molecule has 0 spiro atoms. The van der Waals surface area contributed by atoms with Gasteiger partial charge in [0.15, 0.2) is 0 Å². The summed E-state index contributed by atoms with van der Waals surface area (Å²) in [6, 6.07) is 0. The van der Waals surface area contributed by atoms with Crippen LogP contribution in [-0.2, 0) is 4.79 Å². The number of carboxylic acid groups (broad SMARTS) is 1. The minimum absolute atomic E-state index is 0.313. The van der Waals surface area contributed by atoms with Crippen LogP contribution in [0.1, 0.15) is 46.5 Å². The number of rotatable bonds is 8. The van der Waals surface area contributed by atoms with E-state index in [0.29, 0.717) is 11.7 Å². The maximum absolute atomic E-state index is 10.8. The molecule has 4 heteroatoms. The van der Waals surface area contributed by atoms with Crippen LogP contribution >= 0.6 is 11.8 Å². The molecule has 0 radical (unpaired) electrons. The average molecular weight is 233 g/mol. The first-order valence-corrected chi connectivity index (χ1v) is 6.59. The van der Waals surface area contributed by atoms with Gasteiger partial charge in [0.2, 0.25) is 0 Å². The molecule has 0 rings (SSSR count). The highest BCUT2D eigenvalue weighted by atomic mass is 32.2. The smallest absolute Gasteiger partial charge is 0.323 e. The fourth-order valence-corrected chi connectivity index (χ4v) is 2.62. The third-order valence-electron chi connectivity index (χ3n) is 2.35. The second-order valence-electron chi connectivity index (χ2n) is 4.32. The predicted molar refractivity (Wildman–Crippen MR) is 66.3 cm³/mol. The second kappa shape index (κ2) is 7.12. The van der Waals surface area contributed by atoms with Crippen molar-refractivity contribution in [3.05, 3.63) is 0 Å². The first kappa shape index (κ1) is 14.8. The van der Waals surface area contributed by atoms with Gasteiger partial charge in [0.1, 0.15) is 5.54 Å². The third-order valence-corrected chi connectivity index (χ3v) is 3.61. The van der Waals surface area contributed by atoms with Gasteiger partial charge in [-0.3, -0.25) is 4.79 Å². The van der Waals surface area contributed by atoms with Crippen molar-refractivity contribution in [3.63, 3.8) is 0 Å². The summed E-state index contributed by atoms with van der Waals surface area (Å²) in [5.74, 6) is 0.188. The molecule has 0 fully saturated rings. The quantitative estimate of drug-likeness (QED) is 0.632. The molecule has 0 heterocycles. The van der Waals surface area contributed by atoms with Crippen LogP contribution in [0, 0.1) is 0 Å². The van der Waals surface area contributed by atoms with Crippen LogP contribution in [0.25, 0.3) is 0 Å². The Morgan fingerprint density at radius 1 is 1.53 bits per heavy atom. The van der Waals surface area contributed by atoms with Crippen LogP contribution in [0.15, 0.2) is 0 Å². The van der Waals surface area contributed by atoms with E-state index in [1.807, 2.05) is 18.7 Å². The number of nitrogens with two attached hydrogens (primary N) is 1. The monoisotopic (exact) mass is 233 g/mol. The number of hydrogen-bond donors (Lipinski definition) is 2. The van der Waals surface area contributed by atoms with E-state index >= 15 is 0 Å². The number of thioether (sulfide) groups is 1. The molecule has 0 aliphatic heterocycles. The minimum Gasteiger partial charge on any atom is -0.480 e. The molecule has 15 heavy (non-hydrogen) atoms. The van der Waals surface area contributed by atoms with Gasteiger partial charge in [-0.1, -0.05) is 26.7 Å². The highest BCUT2D eigenvalue weighted by Gasteiger charge is 2.29. The van der Waals surface area contributed by atoms with Gasteiger partial charge in [0.05, 0.1) is 0 Å². The number of aliphatic carboxylic acids is 1. The van der Waals surface area contributed by atoms with Crippen molar-refractivity contribution in [2.24, 2.45) is 5.73 Å². The molecule has 3 nitrogen and oxygen atoms in total. The lowest BCUT2D eigenvalue weighted by atomic mass is 9.98. The molecule has 0 aliphatic carbocycles. The highest BCUT2D eigenvalue weighted by molar-refractivity contribution is 7.99. The Balaban J connectivity index is 3.73. The Kier molecular flexibility index (Phi) is 7.02. The van der Waals surface area contributed by atoms with Gasteiger partial charge in [0.25, 0.3) is 0 Å². The summed E-state index contributed by atoms with van der Waals surface area (Å²) in [5, 5.41) is 9.18. The Hall–Kier alpha value is -0.220. The molecule has 2 unspecified atom stereocenters. The summed E-state index contributed by atoms with van der Waals surface area (Å²) in [6.45, 7) is 5.80. The van der Waals surface area contributed by atoms with Gasteiger partial charge in [-0.2, -0.15) is 11.8 Å². The Bertz CT molecular complexity index is 195. The first-order chi connectivity index (χ1) is 6.90. The van der Waals surface area contributed by atoms with E-state index in [1.54, 1.807) is 6.92 Å². The lowest BCUT2D eigenvalue weighted by molar-refractivity contribution is -0.142. The summed E-state index contributed by atoms with van der Waals surface area (Å²) in [5.41, 5.74) is 4.59. The van der Waals surface area contributed by atoms with Crippen LogP contribution < -0.4 is 5.73 Å². The zero-order valence-electron chi connectivity index (χ0n) is 9.95. The van der Waals surface area contributed by atoms with Gasteiger partial charge >= 0.3 is 5.97 Å². The van der Waals surface area contributed by atoms with E-state index in [9.17, 15) is 4.79 Å². The van der Waals surface area contributed by atoms with Gasteiger partial charge in [-0.05, 0) is 25.5 Å². The predicted octanol–water partition coefficient (Wildman–Crippen LogP) is 2.49. The third kappa shape index (κ3) is 6.79. The molecular weight excluding hydrogens is 210 g/mol. The number of hydrogen-bond acceptors (Lipinski definition) is 3. The second-order valence-corrected chi connectivity index (χ2v) is 5.86. The molecule has 0 saturated carbocycles. The van der Waals surface area contributed by atoms with Crippen LogP contribution in [-0.4, -0.2) is 27.6 Å². The van der Waals surface area contributed by atoms with Gasteiger partial charge in [0, 0.05) is 5.25 Å². The minimum atomic E-state index is -1.09. The molecule has 0 aromatic carbocycles. The molecule has 0 aliphatic rings. The van der Waals surface area contributed by atoms with E-state index in [2.05, 4.69) is 6.92 Å². The molecule has 0 bridgehead atoms. The molecular formula is C11H23NO2S. The Morgan fingerprint density at radius 3 is 2.60 bits per heavy atom. The van der Waals surface area contributed by atoms with Crippen LogP contribution in [0.5, 0.6) is 0 Å². The number of carbonyl (C=O) groups is 1. The Morgan fingerprint density at radius 2 is 2.13 bits per heavy atom. The topological polar surface area (TPSA) is 63.3 Å². The van der Waals surface area contributed by atoms with Gasteiger partial charge < -0.3 is 10.8 Å². The molecule has 2 atom stereocenters. The zero-order chi connectivity index (χ0) is 11.9. The fraction of sp³-hybridized carbons (Fsp3) is 0.909. The highest BCUT2D eigenvalue weighted by Crippen LogP contribution is 2.21. The molecule has 0 saturated heterocycles. The maximum atomic E-state index is 10.8. The molecule has 0 amide bonds. The maximum Gasteiger partial charge on any atom is 0.323 e. The molecule has 90 valence electrons. The number of unbranched alkanes of at least 4 members (excludes halogenated alkanes) is 2. The Labute approximate surface area is 96.8 Å². The largest absolute Gasteiger partial charge is 0.480 e. The standard InChI is InChI=1S/C11H23NO2S/c1-4-5-6-7-15-9(2)8-11(3,12)10(13)14/h9H,4-8,12H2,1-3H3,(H,13,14). The average Bonchev–Trinajstić information content (AvgIpc) is 2.11. The van der Waals surface area contributed by atoms with E-state index in [-0.39, 0.29) is 0 Å². The lowest BCUT2D eigenvalue weighted by Crippen LogP contribution is -2.46. The summed E-state index contributed by atoms with van der Waals surface area (Å²) in [6.07, 6.45) is 4.20. The molecule has 0 aromatic rings. The van der Waals surface area contributed by atoms with E-state index in [0.717, 1.165) is 5.75 Å². The summed E-state index contributed by atoms with van der Waals surface area (Å²) in [4.78, 5) is 10.8. The first-order valence-electron chi connectivity index (χ1n) is 5.54. The normalized spacial score (nSPS) is 17.1. The van der Waals surface area contributed by atoms with Crippen molar-refractivity contribution in [2.75, 3.05) is 5.75 Å². The fourth-order valence-electron chi connectivity index (χ4n) is 1.38. The van der Waals surface area contributed by atoms with Crippen molar-refractivity contribution >= 4 is 17.7 Å².